The van der Waals surface area contributed by atoms with Gasteiger partial charge in [0.15, 0.2) is 0 Å². The van der Waals surface area contributed by atoms with Crippen molar-refractivity contribution in [2.45, 2.75) is 13.0 Å². The monoisotopic (exact) mass is 235 g/mol. The minimum Gasteiger partial charge on any atom is -0.336 e. The van der Waals surface area contributed by atoms with Crippen LogP contribution in [0.3, 0.4) is 0 Å². The number of rotatable bonds is 1. The summed E-state index contributed by atoms with van der Waals surface area (Å²) >= 11 is 0. The first-order valence-electron chi connectivity index (χ1n) is 5.77. The lowest BCUT2D eigenvalue weighted by Gasteiger charge is -2.31. The third-order valence-corrected chi connectivity index (χ3v) is 3.01. The highest BCUT2D eigenvalue weighted by molar-refractivity contribution is 5.94. The molecule has 1 aromatic heterocycles. The molecule has 5 heteroatoms. The number of pyridine rings is 1. The molecule has 0 aromatic carbocycles. The van der Waals surface area contributed by atoms with E-state index >= 15 is 0 Å². The summed E-state index contributed by atoms with van der Waals surface area (Å²) in [4.78, 5) is 25.4. The van der Waals surface area contributed by atoms with Gasteiger partial charge in [-0.05, 0) is 13.0 Å². The second-order valence-corrected chi connectivity index (χ2v) is 4.47. The lowest BCUT2D eigenvalue weighted by atomic mass is 10.2. The first-order valence-corrected chi connectivity index (χ1v) is 5.77. The van der Waals surface area contributed by atoms with E-state index in [0.717, 1.165) is 6.54 Å². The SMILES string of the molecule is CC1CN(C(=O)c2ccn(C)c(=O)c2)CCN1. The molecule has 0 radical (unpaired) electrons. The molecular formula is C12H17N3O2. The van der Waals surface area contributed by atoms with Crippen LogP contribution in [0.4, 0.5) is 0 Å². The Bertz CT molecular complexity index is 481. The molecule has 1 saturated heterocycles. The molecule has 5 nitrogen and oxygen atoms in total. The van der Waals surface area contributed by atoms with Gasteiger partial charge in [0.05, 0.1) is 0 Å². The molecule has 1 atom stereocenters. The van der Waals surface area contributed by atoms with Crippen molar-refractivity contribution in [1.29, 1.82) is 0 Å². The number of nitrogens with zero attached hydrogens (tertiary/aromatic N) is 2. The van der Waals surface area contributed by atoms with Crippen LogP contribution >= 0.6 is 0 Å². The summed E-state index contributed by atoms with van der Waals surface area (Å²) < 4.78 is 1.46. The number of piperazine rings is 1. The van der Waals surface area contributed by atoms with Crippen LogP contribution in [0.5, 0.6) is 0 Å². The maximum atomic E-state index is 12.2. The Hall–Kier alpha value is -1.62. The van der Waals surface area contributed by atoms with Gasteiger partial charge in [0.25, 0.3) is 11.5 Å². The predicted molar refractivity (Wildman–Crippen MR) is 65.1 cm³/mol. The van der Waals surface area contributed by atoms with Crippen LogP contribution < -0.4 is 10.9 Å². The first kappa shape index (κ1) is 11.9. The smallest absolute Gasteiger partial charge is 0.254 e. The Labute approximate surface area is 100 Å². The molecular weight excluding hydrogens is 218 g/mol. The van der Waals surface area contributed by atoms with E-state index in [4.69, 9.17) is 0 Å². The summed E-state index contributed by atoms with van der Waals surface area (Å²) in [5, 5.41) is 3.28. The van der Waals surface area contributed by atoms with E-state index in [2.05, 4.69) is 5.32 Å². The van der Waals surface area contributed by atoms with E-state index in [1.165, 1.54) is 10.6 Å². The standard InChI is InChI=1S/C12H17N3O2/c1-9-8-15(6-4-13-9)12(17)10-3-5-14(2)11(16)7-10/h3,5,7,9,13H,4,6,8H2,1-2H3. The van der Waals surface area contributed by atoms with Gasteiger partial charge in [0.1, 0.15) is 0 Å². The average Bonchev–Trinajstić information content (AvgIpc) is 2.32. The zero-order valence-electron chi connectivity index (χ0n) is 10.1. The van der Waals surface area contributed by atoms with Crippen LogP contribution in [0.2, 0.25) is 0 Å². The van der Waals surface area contributed by atoms with Crippen molar-refractivity contribution >= 4 is 5.91 Å². The Morgan fingerprint density at radius 3 is 2.94 bits per heavy atom. The van der Waals surface area contributed by atoms with E-state index in [1.807, 2.05) is 6.92 Å². The van der Waals surface area contributed by atoms with Gasteiger partial charge in [-0.25, -0.2) is 0 Å². The molecule has 0 spiro atoms. The van der Waals surface area contributed by atoms with Crippen molar-refractivity contribution in [2.24, 2.45) is 7.05 Å². The number of nitrogens with one attached hydrogen (secondary N) is 1. The van der Waals surface area contributed by atoms with E-state index in [-0.39, 0.29) is 11.5 Å². The summed E-state index contributed by atoms with van der Waals surface area (Å²) in [6, 6.07) is 3.39. The van der Waals surface area contributed by atoms with Crippen molar-refractivity contribution in [3.8, 4) is 0 Å². The highest BCUT2D eigenvalue weighted by Crippen LogP contribution is 2.05. The van der Waals surface area contributed by atoms with E-state index in [9.17, 15) is 9.59 Å². The number of aromatic nitrogens is 1. The van der Waals surface area contributed by atoms with Crippen molar-refractivity contribution in [1.82, 2.24) is 14.8 Å². The Kier molecular flexibility index (Phi) is 3.28. The fourth-order valence-corrected chi connectivity index (χ4v) is 1.98. The molecule has 92 valence electrons. The van der Waals surface area contributed by atoms with E-state index in [1.54, 1.807) is 24.2 Å². The normalized spacial score (nSPS) is 20.4. The topological polar surface area (TPSA) is 54.3 Å². The summed E-state index contributed by atoms with van der Waals surface area (Å²) in [5.74, 6) is -0.0592. The minimum absolute atomic E-state index is 0.0592. The van der Waals surface area contributed by atoms with Crippen molar-refractivity contribution < 1.29 is 4.79 Å². The molecule has 0 saturated carbocycles. The van der Waals surface area contributed by atoms with Crippen LogP contribution in [0.15, 0.2) is 23.1 Å². The summed E-state index contributed by atoms with van der Waals surface area (Å²) in [7, 11) is 1.67. The number of hydrogen-bond donors (Lipinski definition) is 1. The zero-order valence-corrected chi connectivity index (χ0v) is 10.1. The lowest BCUT2D eigenvalue weighted by molar-refractivity contribution is 0.0709. The van der Waals surface area contributed by atoms with Gasteiger partial charge in [-0.2, -0.15) is 0 Å². The first-order chi connectivity index (χ1) is 8.08. The highest BCUT2D eigenvalue weighted by Gasteiger charge is 2.21. The Morgan fingerprint density at radius 2 is 2.29 bits per heavy atom. The van der Waals surface area contributed by atoms with Gasteiger partial charge in [-0.1, -0.05) is 0 Å². The largest absolute Gasteiger partial charge is 0.336 e. The molecule has 2 rings (SSSR count). The molecule has 1 fully saturated rings. The number of hydrogen-bond acceptors (Lipinski definition) is 3. The number of amides is 1. The Morgan fingerprint density at radius 1 is 1.53 bits per heavy atom. The van der Waals surface area contributed by atoms with E-state index in [0.29, 0.717) is 24.7 Å². The average molecular weight is 235 g/mol. The van der Waals surface area contributed by atoms with Gasteiger partial charge in [0, 0.05) is 50.6 Å². The third-order valence-electron chi connectivity index (χ3n) is 3.01. The summed E-state index contributed by atoms with van der Waals surface area (Å²) in [6.45, 7) is 4.23. The molecule has 1 unspecified atom stereocenters. The van der Waals surface area contributed by atoms with Crippen LogP contribution in [-0.2, 0) is 7.05 Å². The quantitative estimate of drug-likeness (QED) is 0.734. The molecule has 1 aromatic rings. The molecule has 0 aliphatic carbocycles. The molecule has 1 aliphatic heterocycles. The third kappa shape index (κ3) is 2.55. The molecule has 1 aliphatic rings. The van der Waals surface area contributed by atoms with E-state index < -0.39 is 0 Å². The number of carbonyl (C=O) groups excluding carboxylic acids is 1. The van der Waals surface area contributed by atoms with Crippen LogP contribution in [-0.4, -0.2) is 41.1 Å². The van der Waals surface area contributed by atoms with Gasteiger partial charge >= 0.3 is 0 Å². The minimum atomic E-state index is -0.154. The zero-order chi connectivity index (χ0) is 12.4. The fraction of sp³-hybridized carbons (Fsp3) is 0.500. The predicted octanol–water partition coefficient (Wildman–Crippen LogP) is -0.181. The van der Waals surface area contributed by atoms with Gasteiger partial charge in [-0.15, -0.1) is 0 Å². The van der Waals surface area contributed by atoms with Crippen LogP contribution in [0.1, 0.15) is 17.3 Å². The van der Waals surface area contributed by atoms with Gasteiger partial charge in [0.2, 0.25) is 0 Å². The second kappa shape index (κ2) is 4.71. The molecule has 2 heterocycles. The van der Waals surface area contributed by atoms with Crippen molar-refractivity contribution in [2.75, 3.05) is 19.6 Å². The lowest BCUT2D eigenvalue weighted by Crippen LogP contribution is -2.51. The van der Waals surface area contributed by atoms with Crippen molar-refractivity contribution in [3.63, 3.8) is 0 Å². The maximum Gasteiger partial charge on any atom is 0.254 e. The molecule has 0 bridgehead atoms. The van der Waals surface area contributed by atoms with Crippen LogP contribution in [0, 0.1) is 0 Å². The Balaban J connectivity index is 2.18. The molecule has 17 heavy (non-hydrogen) atoms. The molecule has 1 amide bonds. The fourth-order valence-electron chi connectivity index (χ4n) is 1.98. The van der Waals surface area contributed by atoms with Crippen LogP contribution in [0.25, 0.3) is 0 Å². The second-order valence-electron chi connectivity index (χ2n) is 4.47. The van der Waals surface area contributed by atoms with Crippen molar-refractivity contribution in [3.05, 3.63) is 34.2 Å². The number of carbonyl (C=O) groups is 1. The molecule has 1 N–H and O–H groups in total. The summed E-state index contributed by atoms with van der Waals surface area (Å²) in [6.07, 6.45) is 1.63. The number of aryl methyl sites for hydroxylation is 1. The van der Waals surface area contributed by atoms with Gasteiger partial charge in [-0.3, -0.25) is 9.59 Å². The highest BCUT2D eigenvalue weighted by atomic mass is 16.2. The maximum absolute atomic E-state index is 12.2. The van der Waals surface area contributed by atoms with Gasteiger partial charge < -0.3 is 14.8 Å². The summed E-state index contributed by atoms with van der Waals surface area (Å²) in [5.41, 5.74) is 0.321.